The van der Waals surface area contributed by atoms with Gasteiger partial charge in [-0.25, -0.2) is 0 Å². The van der Waals surface area contributed by atoms with Crippen LogP contribution in [0.1, 0.15) is 19.5 Å². The van der Waals surface area contributed by atoms with Crippen LogP contribution in [0, 0.1) is 5.92 Å². The molecule has 78 valence electrons. The number of rotatable bonds is 5. The van der Waals surface area contributed by atoms with Crippen LogP contribution in [0.2, 0.25) is 0 Å². The molecular weight excluding hydrogens is 178 g/mol. The Morgan fingerprint density at radius 3 is 2.86 bits per heavy atom. The Kier molecular flexibility index (Phi) is 4.56. The van der Waals surface area contributed by atoms with Gasteiger partial charge in [0.1, 0.15) is 0 Å². The van der Waals surface area contributed by atoms with Gasteiger partial charge in [-0.3, -0.25) is 4.98 Å². The zero-order chi connectivity index (χ0) is 10.4. The van der Waals surface area contributed by atoms with Gasteiger partial charge in [0.15, 0.2) is 6.29 Å². The summed E-state index contributed by atoms with van der Waals surface area (Å²) in [6.45, 7) is 4.36. The monoisotopic (exact) mass is 195 g/mol. The standard InChI is InChI=1S/C11H17NO2/c1-3-14-11(13)9(2)8-10-6-4-5-7-12-10/h4-7,9,11,13H,3,8H2,1-2H3. The van der Waals surface area contributed by atoms with Gasteiger partial charge in [-0.15, -0.1) is 0 Å². The van der Waals surface area contributed by atoms with Crippen LogP contribution >= 0.6 is 0 Å². The van der Waals surface area contributed by atoms with E-state index in [4.69, 9.17) is 4.74 Å². The number of aliphatic hydroxyl groups is 1. The van der Waals surface area contributed by atoms with Crippen molar-refractivity contribution in [3.8, 4) is 0 Å². The van der Waals surface area contributed by atoms with Crippen LogP contribution < -0.4 is 0 Å². The number of hydrogen-bond acceptors (Lipinski definition) is 3. The predicted molar refractivity (Wildman–Crippen MR) is 54.7 cm³/mol. The van der Waals surface area contributed by atoms with Gasteiger partial charge in [0.25, 0.3) is 0 Å². The number of nitrogens with zero attached hydrogens (tertiary/aromatic N) is 1. The van der Waals surface area contributed by atoms with Crippen LogP contribution in [0.15, 0.2) is 24.4 Å². The molecule has 0 aromatic carbocycles. The Bertz CT molecular complexity index is 251. The highest BCUT2D eigenvalue weighted by Gasteiger charge is 2.14. The molecule has 0 aliphatic carbocycles. The molecule has 0 aliphatic heterocycles. The molecule has 1 rings (SSSR count). The van der Waals surface area contributed by atoms with Gasteiger partial charge in [-0.2, -0.15) is 0 Å². The summed E-state index contributed by atoms with van der Waals surface area (Å²) in [7, 11) is 0. The van der Waals surface area contributed by atoms with Crippen molar-refractivity contribution in [1.29, 1.82) is 0 Å². The molecule has 1 aromatic heterocycles. The molecule has 0 radical (unpaired) electrons. The van der Waals surface area contributed by atoms with Crippen LogP contribution in [0.3, 0.4) is 0 Å². The third-order valence-electron chi connectivity index (χ3n) is 2.08. The normalized spacial score (nSPS) is 15.1. The van der Waals surface area contributed by atoms with Gasteiger partial charge < -0.3 is 9.84 Å². The first-order valence-electron chi connectivity index (χ1n) is 4.93. The highest BCUT2D eigenvalue weighted by Crippen LogP contribution is 2.10. The summed E-state index contributed by atoms with van der Waals surface area (Å²) < 4.78 is 5.10. The van der Waals surface area contributed by atoms with E-state index >= 15 is 0 Å². The number of aliphatic hydroxyl groups excluding tert-OH is 1. The average molecular weight is 195 g/mol. The summed E-state index contributed by atoms with van der Waals surface area (Å²) in [4.78, 5) is 4.19. The molecule has 3 nitrogen and oxygen atoms in total. The summed E-state index contributed by atoms with van der Waals surface area (Å²) >= 11 is 0. The molecule has 1 aromatic rings. The Balaban J connectivity index is 2.44. The van der Waals surface area contributed by atoms with Gasteiger partial charge in [-0.1, -0.05) is 13.0 Å². The van der Waals surface area contributed by atoms with Gasteiger partial charge >= 0.3 is 0 Å². The largest absolute Gasteiger partial charge is 0.368 e. The minimum Gasteiger partial charge on any atom is -0.368 e. The second-order valence-electron chi connectivity index (χ2n) is 3.35. The molecule has 0 bridgehead atoms. The second-order valence-corrected chi connectivity index (χ2v) is 3.35. The Hall–Kier alpha value is -0.930. The zero-order valence-corrected chi connectivity index (χ0v) is 8.68. The lowest BCUT2D eigenvalue weighted by Crippen LogP contribution is -2.23. The lowest BCUT2D eigenvalue weighted by atomic mass is 10.0. The molecular formula is C11H17NO2. The SMILES string of the molecule is CCOC(O)C(C)Cc1ccccn1. The molecule has 0 saturated heterocycles. The van der Waals surface area contributed by atoms with Crippen LogP contribution in [-0.2, 0) is 11.2 Å². The van der Waals surface area contributed by atoms with Crippen molar-refractivity contribution in [2.24, 2.45) is 5.92 Å². The topological polar surface area (TPSA) is 42.4 Å². The third-order valence-corrected chi connectivity index (χ3v) is 2.08. The zero-order valence-electron chi connectivity index (χ0n) is 8.68. The van der Waals surface area contributed by atoms with Crippen molar-refractivity contribution < 1.29 is 9.84 Å². The molecule has 0 saturated carbocycles. The lowest BCUT2D eigenvalue weighted by molar-refractivity contribution is -0.126. The first kappa shape index (κ1) is 11.1. The van der Waals surface area contributed by atoms with Gasteiger partial charge in [0, 0.05) is 24.4 Å². The molecule has 0 amide bonds. The smallest absolute Gasteiger partial charge is 0.157 e. The maximum absolute atomic E-state index is 9.53. The van der Waals surface area contributed by atoms with Gasteiger partial charge in [0.2, 0.25) is 0 Å². The van der Waals surface area contributed by atoms with E-state index in [9.17, 15) is 5.11 Å². The Labute approximate surface area is 84.7 Å². The van der Waals surface area contributed by atoms with Crippen molar-refractivity contribution >= 4 is 0 Å². The number of ether oxygens (including phenoxy) is 1. The maximum atomic E-state index is 9.53. The first-order chi connectivity index (χ1) is 6.74. The van der Waals surface area contributed by atoms with Crippen LogP contribution in [-0.4, -0.2) is 23.0 Å². The summed E-state index contributed by atoms with van der Waals surface area (Å²) in [5.41, 5.74) is 0.985. The lowest BCUT2D eigenvalue weighted by Gasteiger charge is -2.17. The highest BCUT2D eigenvalue weighted by atomic mass is 16.6. The van der Waals surface area contributed by atoms with Crippen molar-refractivity contribution in [2.45, 2.75) is 26.6 Å². The van der Waals surface area contributed by atoms with E-state index in [0.29, 0.717) is 6.61 Å². The third kappa shape index (κ3) is 3.44. The Morgan fingerprint density at radius 2 is 2.29 bits per heavy atom. The number of hydrogen-bond donors (Lipinski definition) is 1. The first-order valence-corrected chi connectivity index (χ1v) is 4.93. The molecule has 0 spiro atoms. The molecule has 14 heavy (non-hydrogen) atoms. The van der Waals surface area contributed by atoms with Crippen molar-refractivity contribution in [3.63, 3.8) is 0 Å². The summed E-state index contributed by atoms with van der Waals surface area (Å²) in [5, 5.41) is 9.53. The highest BCUT2D eigenvalue weighted by molar-refractivity contribution is 5.04. The van der Waals surface area contributed by atoms with Crippen LogP contribution in [0.4, 0.5) is 0 Å². The fraction of sp³-hybridized carbons (Fsp3) is 0.545. The summed E-state index contributed by atoms with van der Waals surface area (Å²) in [6, 6.07) is 5.78. The van der Waals surface area contributed by atoms with E-state index in [1.54, 1.807) is 6.20 Å². The van der Waals surface area contributed by atoms with Crippen LogP contribution in [0.5, 0.6) is 0 Å². The molecule has 1 N–H and O–H groups in total. The molecule has 3 heteroatoms. The molecule has 2 atom stereocenters. The van der Waals surface area contributed by atoms with E-state index < -0.39 is 6.29 Å². The summed E-state index contributed by atoms with van der Waals surface area (Å²) in [6.07, 6.45) is 1.80. The fourth-order valence-electron chi connectivity index (χ4n) is 1.28. The molecule has 1 heterocycles. The average Bonchev–Trinajstić information content (AvgIpc) is 2.19. The molecule has 2 unspecified atom stereocenters. The Morgan fingerprint density at radius 1 is 1.50 bits per heavy atom. The fourth-order valence-corrected chi connectivity index (χ4v) is 1.28. The maximum Gasteiger partial charge on any atom is 0.157 e. The minimum atomic E-state index is -0.693. The van der Waals surface area contributed by atoms with Crippen molar-refractivity contribution in [3.05, 3.63) is 30.1 Å². The van der Waals surface area contributed by atoms with E-state index in [2.05, 4.69) is 4.98 Å². The second kappa shape index (κ2) is 5.73. The predicted octanol–water partition coefficient (Wildman–Crippen LogP) is 1.62. The van der Waals surface area contributed by atoms with Crippen LogP contribution in [0.25, 0.3) is 0 Å². The van der Waals surface area contributed by atoms with E-state index in [-0.39, 0.29) is 5.92 Å². The van der Waals surface area contributed by atoms with E-state index in [0.717, 1.165) is 12.1 Å². The van der Waals surface area contributed by atoms with Gasteiger partial charge in [-0.05, 0) is 25.5 Å². The number of aromatic nitrogens is 1. The molecule has 0 aliphatic rings. The quantitative estimate of drug-likeness (QED) is 0.726. The van der Waals surface area contributed by atoms with E-state index in [1.807, 2.05) is 32.0 Å². The summed E-state index contributed by atoms with van der Waals surface area (Å²) in [5.74, 6) is 0.0739. The van der Waals surface area contributed by atoms with E-state index in [1.165, 1.54) is 0 Å². The van der Waals surface area contributed by atoms with Crippen molar-refractivity contribution in [1.82, 2.24) is 4.98 Å². The van der Waals surface area contributed by atoms with Gasteiger partial charge in [0.05, 0.1) is 0 Å². The number of pyridine rings is 1. The van der Waals surface area contributed by atoms with Crippen molar-refractivity contribution in [2.75, 3.05) is 6.61 Å². The molecule has 0 fully saturated rings. The minimum absolute atomic E-state index is 0.0739.